The van der Waals surface area contributed by atoms with Gasteiger partial charge in [-0.1, -0.05) is 11.6 Å². The van der Waals surface area contributed by atoms with E-state index in [2.05, 4.69) is 6.07 Å². The third kappa shape index (κ3) is 2.47. The molecule has 0 amide bonds. The number of nitrogens with two attached hydrogens (primary N) is 1. The van der Waals surface area contributed by atoms with Gasteiger partial charge in [0.15, 0.2) is 0 Å². The molecule has 11 heavy (non-hydrogen) atoms. The lowest BCUT2D eigenvalue weighted by Crippen LogP contribution is -2.16. The normalized spacial score (nSPS) is 13.5. The van der Waals surface area contributed by atoms with Crippen molar-refractivity contribution in [1.29, 1.82) is 0 Å². The fourth-order valence-corrected chi connectivity index (χ4v) is 2.33. The number of aryl methyl sites for hydroxylation is 1. The zero-order valence-corrected chi connectivity index (χ0v) is 8.30. The van der Waals surface area contributed by atoms with Crippen LogP contribution in [0.4, 0.5) is 0 Å². The fraction of sp³-hybridized carbons (Fsp3) is 0.500. The van der Waals surface area contributed by atoms with E-state index < -0.39 is 0 Å². The summed E-state index contributed by atoms with van der Waals surface area (Å²) in [6, 6.07) is 2.33. The third-order valence-corrected chi connectivity index (χ3v) is 3.01. The van der Waals surface area contributed by atoms with E-state index in [-0.39, 0.29) is 6.04 Å². The summed E-state index contributed by atoms with van der Waals surface area (Å²) in [5.74, 6) is 0. The van der Waals surface area contributed by atoms with Gasteiger partial charge in [-0.2, -0.15) is 0 Å². The van der Waals surface area contributed by atoms with E-state index in [0.29, 0.717) is 0 Å². The maximum atomic E-state index is 5.89. The molecule has 0 spiro atoms. The van der Waals surface area contributed by atoms with Crippen molar-refractivity contribution in [3.05, 3.63) is 20.8 Å². The van der Waals surface area contributed by atoms with E-state index in [1.807, 2.05) is 13.8 Å². The van der Waals surface area contributed by atoms with E-state index in [4.69, 9.17) is 17.3 Å². The monoisotopic (exact) mass is 189 g/mol. The average Bonchev–Trinajstić information content (AvgIpc) is 2.10. The topological polar surface area (TPSA) is 26.0 Å². The maximum absolute atomic E-state index is 5.89. The van der Waals surface area contributed by atoms with Crippen molar-refractivity contribution in [3.8, 4) is 0 Å². The Labute approximate surface area is 76.2 Å². The minimum absolute atomic E-state index is 0.226. The molecule has 0 bridgehead atoms. The van der Waals surface area contributed by atoms with Crippen LogP contribution in [0.1, 0.15) is 17.4 Å². The molecule has 1 rings (SSSR count). The summed E-state index contributed by atoms with van der Waals surface area (Å²) in [5.41, 5.74) is 6.81. The lowest BCUT2D eigenvalue weighted by Gasteiger charge is -1.99. The molecule has 1 nitrogen and oxygen atoms in total. The molecule has 1 aromatic rings. The van der Waals surface area contributed by atoms with Crippen LogP contribution in [0.3, 0.4) is 0 Å². The van der Waals surface area contributed by atoms with Crippen LogP contribution in [0.5, 0.6) is 0 Å². The molecule has 0 fully saturated rings. The number of rotatable bonds is 2. The van der Waals surface area contributed by atoms with Crippen molar-refractivity contribution in [2.45, 2.75) is 26.3 Å². The van der Waals surface area contributed by atoms with E-state index in [1.54, 1.807) is 11.3 Å². The summed E-state index contributed by atoms with van der Waals surface area (Å²) >= 11 is 7.52. The van der Waals surface area contributed by atoms with E-state index in [1.165, 1.54) is 4.88 Å². The Morgan fingerprint density at radius 3 is 2.73 bits per heavy atom. The van der Waals surface area contributed by atoms with Crippen molar-refractivity contribution in [2.24, 2.45) is 5.73 Å². The smallest absolute Gasteiger partial charge is 0.0960 e. The molecule has 3 heteroatoms. The Morgan fingerprint density at radius 2 is 2.36 bits per heavy atom. The molecular formula is C8H12ClNS. The highest BCUT2D eigenvalue weighted by Gasteiger charge is 2.04. The molecular weight excluding hydrogens is 178 g/mol. The number of hydrogen-bond acceptors (Lipinski definition) is 2. The summed E-state index contributed by atoms with van der Waals surface area (Å²) in [5, 5.41) is 0. The molecule has 0 aliphatic heterocycles. The zero-order valence-electron chi connectivity index (χ0n) is 6.73. The van der Waals surface area contributed by atoms with Crippen molar-refractivity contribution >= 4 is 22.9 Å². The van der Waals surface area contributed by atoms with E-state index in [0.717, 1.165) is 16.3 Å². The maximum Gasteiger partial charge on any atom is 0.0960 e. The Bertz CT molecular complexity index is 223. The Morgan fingerprint density at radius 1 is 1.73 bits per heavy atom. The fourth-order valence-electron chi connectivity index (χ4n) is 0.941. The van der Waals surface area contributed by atoms with Crippen molar-refractivity contribution in [1.82, 2.24) is 0 Å². The van der Waals surface area contributed by atoms with Crippen LogP contribution in [0.2, 0.25) is 4.34 Å². The predicted octanol–water partition coefficient (Wildman–Crippen LogP) is 2.60. The summed E-state index contributed by atoms with van der Waals surface area (Å²) in [7, 11) is 0. The highest BCUT2D eigenvalue weighted by Crippen LogP contribution is 2.27. The molecule has 1 atom stereocenters. The van der Waals surface area contributed by atoms with Crippen LogP contribution in [-0.4, -0.2) is 6.04 Å². The molecule has 0 saturated heterocycles. The summed E-state index contributed by atoms with van der Waals surface area (Å²) in [6.45, 7) is 4.02. The van der Waals surface area contributed by atoms with Crippen LogP contribution in [0.25, 0.3) is 0 Å². The van der Waals surface area contributed by atoms with Crippen molar-refractivity contribution in [2.75, 3.05) is 0 Å². The van der Waals surface area contributed by atoms with Gasteiger partial charge in [0.1, 0.15) is 0 Å². The van der Waals surface area contributed by atoms with Crippen LogP contribution >= 0.6 is 22.9 Å². The number of halogens is 1. The molecule has 0 aliphatic carbocycles. The predicted molar refractivity (Wildman–Crippen MR) is 51.4 cm³/mol. The van der Waals surface area contributed by atoms with Crippen molar-refractivity contribution < 1.29 is 0 Å². The van der Waals surface area contributed by atoms with Gasteiger partial charge in [0.05, 0.1) is 4.34 Å². The average molecular weight is 190 g/mol. The van der Waals surface area contributed by atoms with Crippen LogP contribution in [0.15, 0.2) is 6.07 Å². The number of thiophene rings is 1. The highest BCUT2D eigenvalue weighted by molar-refractivity contribution is 7.16. The quantitative estimate of drug-likeness (QED) is 0.761. The minimum Gasteiger partial charge on any atom is -0.328 e. The lowest BCUT2D eigenvalue weighted by molar-refractivity contribution is 0.746. The second-order valence-corrected chi connectivity index (χ2v) is 4.59. The SMILES string of the molecule is Cc1cc(CC(C)N)sc1Cl. The van der Waals surface area contributed by atoms with Gasteiger partial charge in [-0.3, -0.25) is 0 Å². The molecule has 1 aromatic heterocycles. The van der Waals surface area contributed by atoms with Gasteiger partial charge in [-0.15, -0.1) is 11.3 Å². The number of hydrogen-bond donors (Lipinski definition) is 1. The molecule has 1 unspecified atom stereocenters. The molecule has 0 aliphatic rings. The molecule has 0 saturated carbocycles. The third-order valence-electron chi connectivity index (χ3n) is 1.43. The lowest BCUT2D eigenvalue weighted by atomic mass is 10.2. The Hall–Kier alpha value is -0.0500. The second kappa shape index (κ2) is 3.57. The van der Waals surface area contributed by atoms with E-state index in [9.17, 15) is 0 Å². The Balaban J connectivity index is 2.73. The first-order valence-electron chi connectivity index (χ1n) is 3.60. The molecule has 0 aromatic carbocycles. The molecule has 0 radical (unpaired) electrons. The second-order valence-electron chi connectivity index (χ2n) is 2.85. The minimum atomic E-state index is 0.226. The molecule has 1 heterocycles. The highest BCUT2D eigenvalue weighted by atomic mass is 35.5. The van der Waals surface area contributed by atoms with Crippen LogP contribution in [-0.2, 0) is 6.42 Å². The summed E-state index contributed by atoms with van der Waals surface area (Å²) < 4.78 is 0.889. The van der Waals surface area contributed by atoms with Gasteiger partial charge in [0.25, 0.3) is 0 Å². The van der Waals surface area contributed by atoms with E-state index >= 15 is 0 Å². The van der Waals surface area contributed by atoms with Crippen molar-refractivity contribution in [3.63, 3.8) is 0 Å². The Kier molecular flexibility index (Phi) is 2.93. The van der Waals surface area contributed by atoms with Gasteiger partial charge >= 0.3 is 0 Å². The zero-order chi connectivity index (χ0) is 8.43. The first-order chi connectivity index (χ1) is 5.09. The summed E-state index contributed by atoms with van der Waals surface area (Å²) in [4.78, 5) is 1.28. The van der Waals surface area contributed by atoms with Gasteiger partial charge in [0.2, 0.25) is 0 Å². The summed E-state index contributed by atoms with van der Waals surface area (Å²) in [6.07, 6.45) is 0.929. The van der Waals surface area contributed by atoms with Crippen LogP contribution < -0.4 is 5.73 Å². The first kappa shape index (κ1) is 9.04. The van der Waals surface area contributed by atoms with Gasteiger partial charge < -0.3 is 5.73 Å². The standard InChI is InChI=1S/C8H12ClNS/c1-5-3-7(4-6(2)10)11-8(5)9/h3,6H,4,10H2,1-2H3. The largest absolute Gasteiger partial charge is 0.328 e. The van der Waals surface area contributed by atoms with Crippen LogP contribution in [0, 0.1) is 6.92 Å². The van der Waals surface area contributed by atoms with Gasteiger partial charge in [-0.05, 0) is 31.9 Å². The molecule has 2 N–H and O–H groups in total. The van der Waals surface area contributed by atoms with Gasteiger partial charge in [0, 0.05) is 10.9 Å². The molecule has 62 valence electrons. The van der Waals surface area contributed by atoms with Gasteiger partial charge in [-0.25, -0.2) is 0 Å². The first-order valence-corrected chi connectivity index (χ1v) is 4.79.